The first-order chi connectivity index (χ1) is 10.6. The van der Waals surface area contributed by atoms with Gasteiger partial charge in [-0.05, 0) is 31.0 Å². The first-order valence-electron chi connectivity index (χ1n) is 6.76. The van der Waals surface area contributed by atoms with Crippen LogP contribution in [0.1, 0.15) is 34.3 Å². The molecule has 0 bridgehead atoms. The molecule has 1 fully saturated rings. The van der Waals surface area contributed by atoms with Gasteiger partial charge in [-0.3, -0.25) is 4.79 Å². The summed E-state index contributed by atoms with van der Waals surface area (Å²) in [5.41, 5.74) is -3.73. The average molecular weight is 341 g/mol. The maximum atomic E-state index is 12.7. The summed E-state index contributed by atoms with van der Waals surface area (Å²) in [6.07, 6.45) is -8.76. The quantitative estimate of drug-likeness (QED) is 0.853. The second-order valence-electron chi connectivity index (χ2n) is 5.14. The van der Waals surface area contributed by atoms with E-state index in [0.29, 0.717) is 25.2 Å². The molecule has 2 rings (SSSR count). The van der Waals surface area contributed by atoms with Crippen molar-refractivity contribution in [2.75, 3.05) is 13.2 Å². The summed E-state index contributed by atoms with van der Waals surface area (Å²) in [7, 11) is 0. The van der Waals surface area contributed by atoms with E-state index in [1.165, 1.54) is 0 Å². The second-order valence-corrected chi connectivity index (χ2v) is 5.14. The molecule has 9 heteroatoms. The number of amides is 1. The molecule has 0 radical (unpaired) electrons. The van der Waals surface area contributed by atoms with E-state index in [4.69, 9.17) is 4.74 Å². The first kappa shape index (κ1) is 17.6. The van der Waals surface area contributed by atoms with Crippen LogP contribution in [0.15, 0.2) is 18.2 Å². The molecule has 1 N–H and O–H groups in total. The molecule has 1 atom stereocenters. The Bertz CT molecular complexity index is 543. The molecule has 0 saturated carbocycles. The number of hydrogen-bond donors (Lipinski definition) is 1. The highest BCUT2D eigenvalue weighted by Crippen LogP contribution is 2.36. The Kier molecular flexibility index (Phi) is 4.88. The summed E-state index contributed by atoms with van der Waals surface area (Å²) in [5, 5.41) is 2.30. The van der Waals surface area contributed by atoms with Crippen molar-refractivity contribution in [3.63, 3.8) is 0 Å². The normalized spacial score (nSPS) is 19.0. The molecule has 3 nitrogen and oxygen atoms in total. The molecule has 1 unspecified atom stereocenters. The van der Waals surface area contributed by atoms with Crippen molar-refractivity contribution >= 4 is 5.91 Å². The molecule has 128 valence electrons. The molecule has 1 aromatic carbocycles. The largest absolute Gasteiger partial charge is 0.416 e. The van der Waals surface area contributed by atoms with Crippen LogP contribution in [0.3, 0.4) is 0 Å². The lowest BCUT2D eigenvalue weighted by Gasteiger charge is -2.15. The molecule has 0 aliphatic carbocycles. The summed E-state index contributed by atoms with van der Waals surface area (Å²) in [5.74, 6) is -1.00. The Morgan fingerprint density at radius 3 is 2.09 bits per heavy atom. The fraction of sp³-hybridized carbons (Fsp3) is 0.500. The molecule has 1 aromatic rings. The maximum Gasteiger partial charge on any atom is 0.416 e. The maximum absolute atomic E-state index is 12.7. The minimum atomic E-state index is -4.98. The minimum Gasteiger partial charge on any atom is -0.376 e. The molecule has 0 aromatic heterocycles. The molecule has 1 saturated heterocycles. The lowest BCUT2D eigenvalue weighted by Crippen LogP contribution is -2.32. The fourth-order valence-corrected chi connectivity index (χ4v) is 2.20. The monoisotopic (exact) mass is 341 g/mol. The van der Waals surface area contributed by atoms with Crippen molar-refractivity contribution in [3.8, 4) is 0 Å². The molecule has 1 amide bonds. The Morgan fingerprint density at radius 1 is 1.09 bits per heavy atom. The Morgan fingerprint density at radius 2 is 1.65 bits per heavy atom. The van der Waals surface area contributed by atoms with E-state index in [2.05, 4.69) is 5.32 Å². The molecule has 1 heterocycles. The summed E-state index contributed by atoms with van der Waals surface area (Å²) in [6, 6.07) is 0.789. The van der Waals surface area contributed by atoms with Gasteiger partial charge in [0.2, 0.25) is 0 Å². The highest BCUT2D eigenvalue weighted by atomic mass is 19.4. The number of benzene rings is 1. The van der Waals surface area contributed by atoms with Crippen LogP contribution < -0.4 is 5.32 Å². The topological polar surface area (TPSA) is 38.3 Å². The molecular weight excluding hydrogens is 328 g/mol. The standard InChI is InChI=1S/C14H13F6NO2/c15-13(16,17)9-4-8(5-10(6-9)14(18,19)20)12(22)21-7-11-2-1-3-23-11/h4-6,11H,1-3,7H2,(H,21,22). The lowest BCUT2D eigenvalue weighted by molar-refractivity contribution is -0.143. The summed E-state index contributed by atoms with van der Waals surface area (Å²) < 4.78 is 81.5. The SMILES string of the molecule is O=C(NCC1CCCO1)c1cc(C(F)(F)F)cc(C(F)(F)F)c1. The number of rotatable bonds is 3. The Labute approximate surface area is 127 Å². The van der Waals surface area contributed by atoms with E-state index in [1.807, 2.05) is 0 Å². The van der Waals surface area contributed by atoms with Crippen LogP contribution in [0.25, 0.3) is 0 Å². The van der Waals surface area contributed by atoms with Crippen molar-refractivity contribution in [3.05, 3.63) is 34.9 Å². The average Bonchev–Trinajstić information content (AvgIpc) is 2.95. The first-order valence-corrected chi connectivity index (χ1v) is 6.76. The zero-order chi connectivity index (χ0) is 17.3. The third-order valence-corrected chi connectivity index (χ3v) is 3.36. The number of ether oxygens (including phenoxy) is 1. The molecular formula is C14H13F6NO2. The van der Waals surface area contributed by atoms with Crippen LogP contribution in [0.4, 0.5) is 26.3 Å². The van der Waals surface area contributed by atoms with E-state index in [0.717, 1.165) is 6.42 Å². The van der Waals surface area contributed by atoms with Gasteiger partial charge in [0.15, 0.2) is 0 Å². The molecule has 0 spiro atoms. The van der Waals surface area contributed by atoms with Crippen LogP contribution in [-0.4, -0.2) is 25.2 Å². The third kappa shape index (κ3) is 4.60. The van der Waals surface area contributed by atoms with E-state index in [-0.39, 0.29) is 18.7 Å². The zero-order valence-corrected chi connectivity index (χ0v) is 11.7. The number of alkyl halides is 6. The minimum absolute atomic E-state index is 0.0170. The van der Waals surface area contributed by atoms with Gasteiger partial charge < -0.3 is 10.1 Å². The van der Waals surface area contributed by atoms with E-state index >= 15 is 0 Å². The molecule has 23 heavy (non-hydrogen) atoms. The summed E-state index contributed by atoms with van der Waals surface area (Å²) >= 11 is 0. The van der Waals surface area contributed by atoms with Gasteiger partial charge in [-0.2, -0.15) is 26.3 Å². The highest BCUT2D eigenvalue weighted by molar-refractivity contribution is 5.94. The summed E-state index contributed by atoms with van der Waals surface area (Å²) in [4.78, 5) is 11.9. The van der Waals surface area contributed by atoms with Gasteiger partial charge in [0.1, 0.15) is 0 Å². The van der Waals surface area contributed by atoms with Gasteiger partial charge >= 0.3 is 12.4 Å². The predicted octanol–water partition coefficient (Wildman–Crippen LogP) is 3.63. The van der Waals surface area contributed by atoms with Crippen molar-refractivity contribution in [2.24, 2.45) is 0 Å². The van der Waals surface area contributed by atoms with Gasteiger partial charge in [-0.1, -0.05) is 0 Å². The van der Waals surface area contributed by atoms with Crippen LogP contribution in [0.5, 0.6) is 0 Å². The van der Waals surface area contributed by atoms with Gasteiger partial charge in [-0.25, -0.2) is 0 Å². The fourth-order valence-electron chi connectivity index (χ4n) is 2.20. The van der Waals surface area contributed by atoms with Crippen molar-refractivity contribution in [1.29, 1.82) is 0 Å². The van der Waals surface area contributed by atoms with E-state index in [1.54, 1.807) is 0 Å². The number of carbonyl (C=O) groups excluding carboxylic acids is 1. The number of halogens is 6. The number of nitrogens with one attached hydrogen (secondary N) is 1. The Balaban J connectivity index is 2.23. The predicted molar refractivity (Wildman–Crippen MR) is 67.8 cm³/mol. The van der Waals surface area contributed by atoms with Gasteiger partial charge in [0.25, 0.3) is 5.91 Å². The lowest BCUT2D eigenvalue weighted by atomic mass is 10.0. The molecule has 1 aliphatic rings. The van der Waals surface area contributed by atoms with Crippen LogP contribution >= 0.6 is 0 Å². The number of hydrogen-bond acceptors (Lipinski definition) is 2. The van der Waals surface area contributed by atoms with Crippen molar-refractivity contribution in [1.82, 2.24) is 5.32 Å². The van der Waals surface area contributed by atoms with Gasteiger partial charge in [-0.15, -0.1) is 0 Å². The van der Waals surface area contributed by atoms with Gasteiger partial charge in [0, 0.05) is 18.7 Å². The van der Waals surface area contributed by atoms with E-state index < -0.39 is 35.0 Å². The van der Waals surface area contributed by atoms with Crippen molar-refractivity contribution in [2.45, 2.75) is 31.3 Å². The third-order valence-electron chi connectivity index (χ3n) is 3.36. The second kappa shape index (κ2) is 6.38. The van der Waals surface area contributed by atoms with Crippen molar-refractivity contribution < 1.29 is 35.9 Å². The molecule has 1 aliphatic heterocycles. The zero-order valence-electron chi connectivity index (χ0n) is 11.7. The summed E-state index contributed by atoms with van der Waals surface area (Å²) in [6.45, 7) is 0.554. The Hall–Kier alpha value is -1.77. The van der Waals surface area contributed by atoms with Crippen LogP contribution in [0, 0.1) is 0 Å². The smallest absolute Gasteiger partial charge is 0.376 e. The van der Waals surface area contributed by atoms with Gasteiger partial charge in [0.05, 0.1) is 17.2 Å². The van der Waals surface area contributed by atoms with Crippen LogP contribution in [-0.2, 0) is 17.1 Å². The van der Waals surface area contributed by atoms with Crippen LogP contribution in [0.2, 0.25) is 0 Å². The van der Waals surface area contributed by atoms with E-state index in [9.17, 15) is 31.1 Å². The highest BCUT2D eigenvalue weighted by Gasteiger charge is 2.37. The number of carbonyl (C=O) groups is 1.